The summed E-state index contributed by atoms with van der Waals surface area (Å²) in [6, 6.07) is 5.85. The van der Waals surface area contributed by atoms with Crippen molar-refractivity contribution in [3.63, 3.8) is 0 Å². The third-order valence-electron chi connectivity index (χ3n) is 7.75. The van der Waals surface area contributed by atoms with E-state index in [-0.39, 0.29) is 100 Å². The maximum Gasteiger partial charge on any atom is 1.00 e. The Morgan fingerprint density at radius 3 is 1.96 bits per heavy atom. The van der Waals surface area contributed by atoms with E-state index >= 15 is 0 Å². The van der Waals surface area contributed by atoms with E-state index in [9.17, 15) is 27.7 Å². The molecule has 1 heterocycles. The first-order valence-electron chi connectivity index (χ1n) is 17.0. The van der Waals surface area contributed by atoms with Crippen LogP contribution in [-0.2, 0) is 33.3 Å². The van der Waals surface area contributed by atoms with E-state index in [4.69, 9.17) is 49.7 Å². The molecule has 1 aliphatic heterocycles. The molecule has 300 valence electrons. The van der Waals surface area contributed by atoms with Crippen LogP contribution in [0.2, 0.25) is 0 Å². The van der Waals surface area contributed by atoms with E-state index in [0.717, 1.165) is 18.4 Å². The summed E-state index contributed by atoms with van der Waals surface area (Å²) >= 11 is 0. The number of rotatable bonds is 22. The van der Waals surface area contributed by atoms with Gasteiger partial charge in [0.05, 0.1) is 59.3 Å². The Kier molecular flexibility index (Phi) is 23.0. The van der Waals surface area contributed by atoms with Gasteiger partial charge in [-0.3, -0.25) is 9.32 Å². The number of phosphoric ester groups is 1. The summed E-state index contributed by atoms with van der Waals surface area (Å²) in [5.41, 5.74) is 11.6. The fraction of sp³-hybridized carbons (Fsp3) is 0.588. The SMILES string of the molecule is CCCOc1c(OCCCOP(=O)(O)O)cc([C@@H]2CC[C@@H](c3cc(OC)c(OC)c(OC)c3)O2)cc1S(=O)(=O)CC(C)=O.NCCCCC(N)C(=O)[O-].[K+]. The van der Waals surface area contributed by atoms with Gasteiger partial charge in [-0.05, 0) is 81.0 Å². The summed E-state index contributed by atoms with van der Waals surface area (Å²) in [6.45, 7) is 3.47. The van der Waals surface area contributed by atoms with Crippen molar-refractivity contribution in [1.29, 1.82) is 0 Å². The molecular formula is C34H52KN2O15PS. The number of carboxylic acid groups (broad SMARTS) is 1. The van der Waals surface area contributed by atoms with E-state index in [0.29, 0.717) is 55.0 Å². The number of carbonyl (C=O) groups is 2. The van der Waals surface area contributed by atoms with Gasteiger partial charge >= 0.3 is 59.2 Å². The normalized spacial score (nSPS) is 15.9. The van der Waals surface area contributed by atoms with Gasteiger partial charge in [-0.2, -0.15) is 0 Å². The van der Waals surface area contributed by atoms with Crippen molar-refractivity contribution in [2.75, 3.05) is 53.4 Å². The average Bonchev–Trinajstić information content (AvgIpc) is 3.59. The Hall–Kier alpha value is -1.84. The minimum atomic E-state index is -4.65. The van der Waals surface area contributed by atoms with E-state index in [1.54, 1.807) is 18.2 Å². The van der Waals surface area contributed by atoms with Crippen LogP contribution in [-0.4, -0.2) is 89.4 Å². The largest absolute Gasteiger partial charge is 1.00 e. The number of carbonyl (C=O) groups excluding carboxylic acids is 2. The van der Waals surface area contributed by atoms with Crippen LogP contribution in [0.25, 0.3) is 0 Å². The number of phosphoric acid groups is 1. The molecule has 3 atom stereocenters. The van der Waals surface area contributed by atoms with Gasteiger partial charge in [-0.25, -0.2) is 13.0 Å². The summed E-state index contributed by atoms with van der Waals surface area (Å²) < 4.78 is 76.7. The third kappa shape index (κ3) is 16.3. The van der Waals surface area contributed by atoms with Crippen LogP contribution in [0.1, 0.15) is 82.1 Å². The second kappa shape index (κ2) is 24.7. The van der Waals surface area contributed by atoms with Crippen molar-refractivity contribution in [2.24, 2.45) is 11.5 Å². The van der Waals surface area contributed by atoms with Crippen LogP contribution < -0.4 is 91.6 Å². The molecule has 0 aliphatic carbocycles. The molecule has 0 bridgehead atoms. The zero-order chi connectivity index (χ0) is 39.8. The van der Waals surface area contributed by atoms with E-state index in [1.807, 2.05) is 6.92 Å². The van der Waals surface area contributed by atoms with Crippen molar-refractivity contribution in [2.45, 2.75) is 81.9 Å². The third-order valence-corrected chi connectivity index (χ3v) is 10.0. The Labute approximate surface area is 359 Å². The number of unbranched alkanes of at least 4 members (excludes halogenated alkanes) is 1. The van der Waals surface area contributed by atoms with Gasteiger partial charge in [0.1, 0.15) is 16.4 Å². The summed E-state index contributed by atoms with van der Waals surface area (Å²) in [7, 11) is -4.22. The van der Waals surface area contributed by atoms with Gasteiger partial charge in [0.2, 0.25) is 5.75 Å². The second-order valence-electron chi connectivity index (χ2n) is 12.0. The van der Waals surface area contributed by atoms with E-state index in [1.165, 1.54) is 34.3 Å². The van der Waals surface area contributed by atoms with Crippen molar-refractivity contribution in [3.8, 4) is 28.7 Å². The Bertz CT molecular complexity index is 1630. The Balaban J connectivity index is 0.00000116. The Morgan fingerprint density at radius 1 is 0.907 bits per heavy atom. The molecule has 0 saturated carbocycles. The first-order chi connectivity index (χ1) is 25.0. The minimum Gasteiger partial charge on any atom is -0.548 e. The fourth-order valence-corrected chi connectivity index (χ4v) is 7.09. The zero-order valence-electron chi connectivity index (χ0n) is 31.7. The number of aliphatic carboxylic acids is 1. The molecule has 20 heteroatoms. The number of ketones is 1. The topological polar surface area (TPSA) is 266 Å². The van der Waals surface area contributed by atoms with Crippen LogP contribution in [0.3, 0.4) is 0 Å². The number of hydrogen-bond donors (Lipinski definition) is 4. The molecule has 2 aromatic rings. The second-order valence-corrected chi connectivity index (χ2v) is 15.2. The van der Waals surface area contributed by atoms with Gasteiger partial charge in [0.25, 0.3) is 0 Å². The molecule has 1 aliphatic rings. The van der Waals surface area contributed by atoms with Crippen LogP contribution >= 0.6 is 7.82 Å². The number of methoxy groups -OCH3 is 3. The number of ether oxygens (including phenoxy) is 6. The van der Waals surface area contributed by atoms with Gasteiger partial charge in [0.15, 0.2) is 32.8 Å². The molecule has 0 spiro atoms. The first-order valence-corrected chi connectivity index (χ1v) is 20.2. The molecular weight excluding hydrogens is 779 g/mol. The predicted octanol–water partition coefficient (Wildman–Crippen LogP) is -0.468. The van der Waals surface area contributed by atoms with Crippen molar-refractivity contribution >= 4 is 29.4 Å². The van der Waals surface area contributed by atoms with Crippen molar-refractivity contribution < 1.29 is 122 Å². The number of nitrogens with two attached hydrogens (primary N) is 2. The van der Waals surface area contributed by atoms with Crippen LogP contribution in [0, 0.1) is 0 Å². The number of carboxylic acids is 1. The molecule has 1 saturated heterocycles. The predicted molar refractivity (Wildman–Crippen MR) is 191 cm³/mol. The molecule has 54 heavy (non-hydrogen) atoms. The maximum atomic E-state index is 13.4. The quantitative estimate of drug-likeness (QED) is 0.0664. The standard InChI is InChI=1S/C28H39O13PS.C6H14N2O2.K/c1-6-10-39-28-25(38-11-7-12-40-42(30,31)32)15-20(16-26(28)43(33,34)17-18(2)29)22-9-8-21(41-22)19-13-23(35-3)27(37-5)24(14-19)36-4;7-4-2-1-3-5(8)6(9)10;/h13-16,21-22H,6-12,17H2,1-5H3,(H2,30,31,32);5H,1-4,7-8H2,(H,9,10);/q;;+1/p-1/t21-,22-;;/m0../s1. The zero-order valence-corrected chi connectivity index (χ0v) is 36.6. The van der Waals surface area contributed by atoms with Crippen LogP contribution in [0.4, 0.5) is 0 Å². The van der Waals surface area contributed by atoms with Gasteiger partial charge in [-0.15, -0.1) is 0 Å². The number of hydrogen-bond acceptors (Lipinski definition) is 15. The molecule has 17 nitrogen and oxygen atoms in total. The van der Waals surface area contributed by atoms with Crippen molar-refractivity contribution in [3.05, 3.63) is 35.4 Å². The summed E-state index contributed by atoms with van der Waals surface area (Å²) in [5, 5.41) is 10.0. The van der Waals surface area contributed by atoms with Gasteiger partial charge in [0, 0.05) is 12.5 Å². The molecule has 6 N–H and O–H groups in total. The van der Waals surface area contributed by atoms with Crippen LogP contribution in [0.5, 0.6) is 28.7 Å². The first kappa shape index (κ1) is 50.2. The molecule has 2 aromatic carbocycles. The van der Waals surface area contributed by atoms with Crippen molar-refractivity contribution in [1.82, 2.24) is 0 Å². The smallest absolute Gasteiger partial charge is 0.548 e. The van der Waals surface area contributed by atoms with Crippen LogP contribution in [0.15, 0.2) is 29.2 Å². The summed E-state index contributed by atoms with van der Waals surface area (Å²) in [5.74, 6) is -1.01. The van der Waals surface area contributed by atoms with E-state index < -0.39 is 47.3 Å². The molecule has 3 rings (SSSR count). The molecule has 0 radical (unpaired) electrons. The molecule has 0 amide bonds. The summed E-state index contributed by atoms with van der Waals surface area (Å²) in [6.07, 6.45) is 2.94. The molecule has 1 unspecified atom stereocenters. The number of Topliss-reactive ketones (excluding diaryl/α,β-unsaturated/α-hetero) is 1. The number of sulfone groups is 1. The van der Waals surface area contributed by atoms with Gasteiger partial charge in [-0.1, -0.05) is 13.3 Å². The monoisotopic (exact) mass is 830 g/mol. The average molecular weight is 831 g/mol. The maximum absolute atomic E-state index is 13.4. The van der Waals surface area contributed by atoms with E-state index in [2.05, 4.69) is 4.52 Å². The minimum absolute atomic E-state index is 0. The Morgan fingerprint density at radius 2 is 1.48 bits per heavy atom. The molecule has 0 aromatic heterocycles. The van der Waals surface area contributed by atoms with Gasteiger partial charge < -0.3 is 59.6 Å². The molecule has 1 fully saturated rings. The fourth-order valence-electron chi connectivity index (χ4n) is 5.28. The summed E-state index contributed by atoms with van der Waals surface area (Å²) in [4.78, 5) is 39.5. The number of benzene rings is 2.